The van der Waals surface area contributed by atoms with E-state index in [0.29, 0.717) is 37.6 Å². The van der Waals surface area contributed by atoms with Crippen LogP contribution in [0.4, 0.5) is 10.5 Å². The quantitative estimate of drug-likeness (QED) is 0.321. The van der Waals surface area contributed by atoms with E-state index in [9.17, 15) is 9.59 Å². The topological polar surface area (TPSA) is 71.1 Å². The number of carbonyl (C=O) groups is 2. The van der Waals surface area contributed by atoms with E-state index in [1.807, 2.05) is 61.2 Å². The van der Waals surface area contributed by atoms with Crippen molar-refractivity contribution in [3.63, 3.8) is 0 Å². The highest BCUT2D eigenvalue weighted by Gasteiger charge is 2.22. The van der Waals surface area contributed by atoms with Crippen LogP contribution in [0.5, 0.6) is 11.5 Å². The molecule has 0 bridgehead atoms. The third kappa shape index (κ3) is 8.25. The lowest BCUT2D eigenvalue weighted by molar-refractivity contribution is -0.132. The van der Waals surface area contributed by atoms with E-state index in [4.69, 9.17) is 9.47 Å². The van der Waals surface area contributed by atoms with Gasteiger partial charge in [0.15, 0.2) is 11.5 Å². The Balaban J connectivity index is 1.74. The van der Waals surface area contributed by atoms with E-state index in [1.165, 1.54) is 4.88 Å². The van der Waals surface area contributed by atoms with Crippen LogP contribution in [0.3, 0.4) is 0 Å². The third-order valence-electron chi connectivity index (χ3n) is 5.99. The number of urea groups is 1. The van der Waals surface area contributed by atoms with Crippen LogP contribution in [0, 0.1) is 13.8 Å². The van der Waals surface area contributed by atoms with Gasteiger partial charge < -0.3 is 24.6 Å². The van der Waals surface area contributed by atoms with Gasteiger partial charge in [0.1, 0.15) is 6.54 Å². The lowest BCUT2D eigenvalue weighted by Crippen LogP contribution is -2.45. The number of anilines is 1. The Labute approximate surface area is 224 Å². The first kappa shape index (κ1) is 28.1. The summed E-state index contributed by atoms with van der Waals surface area (Å²) >= 11 is 1.68. The fourth-order valence-corrected chi connectivity index (χ4v) is 4.97. The number of thiophene rings is 1. The molecule has 1 heterocycles. The molecule has 2 aromatic carbocycles. The van der Waals surface area contributed by atoms with Crippen LogP contribution < -0.4 is 14.8 Å². The number of nitrogens with one attached hydrogen (secondary N) is 1. The second-order valence-electron chi connectivity index (χ2n) is 8.99. The highest BCUT2D eigenvalue weighted by atomic mass is 32.1. The predicted octanol–water partition coefficient (Wildman–Crippen LogP) is 5.90. The van der Waals surface area contributed by atoms with Crippen molar-refractivity contribution in [1.29, 1.82) is 0 Å². The van der Waals surface area contributed by atoms with Gasteiger partial charge in [-0.25, -0.2) is 4.79 Å². The minimum atomic E-state index is -0.271. The summed E-state index contributed by atoms with van der Waals surface area (Å²) in [5.74, 6) is 1.25. The van der Waals surface area contributed by atoms with E-state index >= 15 is 0 Å². The van der Waals surface area contributed by atoms with Crippen LogP contribution in [0.2, 0.25) is 0 Å². The molecular formula is C29H37N3O4S. The molecule has 0 saturated carbocycles. The second kappa shape index (κ2) is 13.7. The number of hydrogen-bond acceptors (Lipinski definition) is 5. The Kier molecular flexibility index (Phi) is 10.4. The summed E-state index contributed by atoms with van der Waals surface area (Å²) < 4.78 is 10.8. The highest BCUT2D eigenvalue weighted by molar-refractivity contribution is 7.11. The second-order valence-corrected chi connectivity index (χ2v) is 10.4. The minimum absolute atomic E-state index is 0.0157. The largest absolute Gasteiger partial charge is 0.493 e. The molecule has 0 aliphatic carbocycles. The molecule has 8 heteroatoms. The zero-order valence-electron chi connectivity index (χ0n) is 22.4. The number of hydrogen-bond donors (Lipinski definition) is 1. The monoisotopic (exact) mass is 523 g/mol. The molecule has 3 aromatic rings. The normalized spacial score (nSPS) is 10.6. The van der Waals surface area contributed by atoms with Gasteiger partial charge in [0.2, 0.25) is 5.91 Å². The van der Waals surface area contributed by atoms with Crippen LogP contribution in [0.1, 0.15) is 34.2 Å². The molecule has 0 aliphatic heterocycles. The summed E-state index contributed by atoms with van der Waals surface area (Å²) in [4.78, 5) is 32.4. The summed E-state index contributed by atoms with van der Waals surface area (Å²) in [6, 6.07) is 17.3. The Bertz CT molecular complexity index is 1190. The van der Waals surface area contributed by atoms with Gasteiger partial charge >= 0.3 is 6.03 Å². The smallest absolute Gasteiger partial charge is 0.322 e. The van der Waals surface area contributed by atoms with Crippen molar-refractivity contribution in [3.8, 4) is 11.5 Å². The SMILES string of the molecule is CCCN(CC(=O)N(CCc1ccc(OC)c(OC)c1)Cc1ccc(C)s1)C(=O)Nc1cccc(C)c1. The highest BCUT2D eigenvalue weighted by Crippen LogP contribution is 2.28. The summed E-state index contributed by atoms with van der Waals surface area (Å²) in [5, 5.41) is 2.94. The van der Waals surface area contributed by atoms with E-state index in [0.717, 1.165) is 28.1 Å². The molecular weight excluding hydrogens is 486 g/mol. The van der Waals surface area contributed by atoms with E-state index in [1.54, 1.807) is 30.5 Å². The maximum Gasteiger partial charge on any atom is 0.322 e. The molecule has 198 valence electrons. The maximum atomic E-state index is 13.6. The summed E-state index contributed by atoms with van der Waals surface area (Å²) in [7, 11) is 3.22. The molecule has 0 saturated heterocycles. The van der Waals surface area contributed by atoms with E-state index in [2.05, 4.69) is 24.4 Å². The van der Waals surface area contributed by atoms with Crippen molar-refractivity contribution in [2.24, 2.45) is 0 Å². The van der Waals surface area contributed by atoms with Crippen molar-refractivity contribution in [2.75, 3.05) is 39.2 Å². The van der Waals surface area contributed by atoms with Gasteiger partial charge in [-0.3, -0.25) is 4.79 Å². The minimum Gasteiger partial charge on any atom is -0.493 e. The van der Waals surface area contributed by atoms with E-state index in [-0.39, 0.29) is 18.5 Å². The standard InChI is InChI=1S/C29H37N3O4S/c1-6-15-32(29(34)30-24-9-7-8-21(2)17-24)20-28(33)31(19-25-12-10-22(3)37-25)16-14-23-11-13-26(35-4)27(18-23)36-5/h7-13,17-18H,6,14-16,19-20H2,1-5H3,(H,30,34). The first-order valence-electron chi connectivity index (χ1n) is 12.5. The predicted molar refractivity (Wildman–Crippen MR) is 150 cm³/mol. The van der Waals surface area contributed by atoms with Crippen molar-refractivity contribution in [1.82, 2.24) is 9.80 Å². The third-order valence-corrected chi connectivity index (χ3v) is 6.98. The van der Waals surface area contributed by atoms with Gasteiger partial charge in [-0.05, 0) is 74.2 Å². The fourth-order valence-electron chi connectivity index (χ4n) is 4.06. The van der Waals surface area contributed by atoms with Crippen LogP contribution in [0.25, 0.3) is 0 Å². The Morgan fingerprint density at radius 3 is 2.35 bits per heavy atom. The number of methoxy groups -OCH3 is 2. The molecule has 0 radical (unpaired) electrons. The van der Waals surface area contributed by atoms with Gasteiger partial charge in [0.05, 0.1) is 20.8 Å². The van der Waals surface area contributed by atoms with Gasteiger partial charge in [-0.2, -0.15) is 0 Å². The molecule has 0 aliphatic rings. The average Bonchev–Trinajstić information content (AvgIpc) is 3.30. The van der Waals surface area contributed by atoms with Crippen LogP contribution in [-0.2, 0) is 17.8 Å². The number of benzene rings is 2. The van der Waals surface area contributed by atoms with Crippen LogP contribution in [-0.4, -0.2) is 55.6 Å². The van der Waals surface area contributed by atoms with Gasteiger partial charge in [-0.15, -0.1) is 11.3 Å². The summed E-state index contributed by atoms with van der Waals surface area (Å²) in [5.41, 5.74) is 2.82. The van der Waals surface area contributed by atoms with Gasteiger partial charge in [0, 0.05) is 28.5 Å². The molecule has 3 rings (SSSR count). The van der Waals surface area contributed by atoms with Crippen molar-refractivity contribution in [2.45, 2.75) is 40.2 Å². The summed E-state index contributed by atoms with van der Waals surface area (Å²) in [6.07, 6.45) is 1.41. The molecule has 3 amide bonds. The summed E-state index contributed by atoms with van der Waals surface area (Å²) in [6.45, 7) is 7.57. The number of amides is 3. The van der Waals surface area contributed by atoms with Crippen molar-refractivity contribution < 1.29 is 19.1 Å². The molecule has 37 heavy (non-hydrogen) atoms. The van der Waals surface area contributed by atoms with Crippen LogP contribution >= 0.6 is 11.3 Å². The lowest BCUT2D eigenvalue weighted by Gasteiger charge is -2.27. The van der Waals surface area contributed by atoms with E-state index < -0.39 is 0 Å². The lowest BCUT2D eigenvalue weighted by atomic mass is 10.1. The Morgan fingerprint density at radius 2 is 1.70 bits per heavy atom. The molecule has 1 N–H and O–H groups in total. The number of ether oxygens (including phenoxy) is 2. The van der Waals surface area contributed by atoms with Gasteiger partial charge in [0.25, 0.3) is 0 Å². The first-order valence-corrected chi connectivity index (χ1v) is 13.3. The number of nitrogens with zero attached hydrogens (tertiary/aromatic N) is 2. The number of aryl methyl sites for hydroxylation is 2. The first-order chi connectivity index (χ1) is 17.8. The van der Waals surface area contributed by atoms with Crippen molar-refractivity contribution >= 4 is 29.0 Å². The molecule has 0 fully saturated rings. The number of rotatable bonds is 12. The van der Waals surface area contributed by atoms with Gasteiger partial charge in [-0.1, -0.05) is 25.1 Å². The number of carbonyl (C=O) groups excluding carboxylic acids is 2. The molecule has 0 atom stereocenters. The molecule has 7 nitrogen and oxygen atoms in total. The fraction of sp³-hybridized carbons (Fsp3) is 0.379. The maximum absolute atomic E-state index is 13.6. The average molecular weight is 524 g/mol. The molecule has 0 spiro atoms. The Hall–Kier alpha value is -3.52. The Morgan fingerprint density at radius 1 is 0.919 bits per heavy atom. The van der Waals surface area contributed by atoms with Crippen molar-refractivity contribution in [3.05, 3.63) is 75.5 Å². The molecule has 0 unspecified atom stereocenters. The van der Waals surface area contributed by atoms with Crippen LogP contribution in [0.15, 0.2) is 54.6 Å². The zero-order chi connectivity index (χ0) is 26.8. The zero-order valence-corrected chi connectivity index (χ0v) is 23.2. The molecule has 1 aromatic heterocycles.